The Morgan fingerprint density at radius 1 is 1.17 bits per heavy atom. The molecule has 0 aromatic rings. The van der Waals surface area contributed by atoms with Crippen LogP contribution in [0.15, 0.2) is 0 Å². The molecular formula is C20H36O2Si. The Morgan fingerprint density at radius 2 is 1.78 bits per heavy atom. The smallest absolute Gasteiger partial charge is 0.191 e. The minimum absolute atomic E-state index is 0.116. The third kappa shape index (κ3) is 2.11. The third-order valence-electron chi connectivity index (χ3n) is 8.53. The average molecular weight is 337 g/mol. The molecule has 2 nitrogen and oxygen atoms in total. The minimum atomic E-state index is -1.64. The Labute approximate surface area is 143 Å². The molecule has 3 aliphatic carbocycles. The molecule has 0 aromatic heterocycles. The van der Waals surface area contributed by atoms with Gasteiger partial charge >= 0.3 is 0 Å². The van der Waals surface area contributed by atoms with Gasteiger partial charge in [-0.2, -0.15) is 0 Å². The van der Waals surface area contributed by atoms with E-state index in [1.807, 2.05) is 0 Å². The summed E-state index contributed by atoms with van der Waals surface area (Å²) in [7, 11) is -1.64. The van der Waals surface area contributed by atoms with Crippen LogP contribution in [0.2, 0.25) is 18.1 Å². The van der Waals surface area contributed by atoms with E-state index in [2.05, 4.69) is 54.6 Å². The van der Waals surface area contributed by atoms with Crippen LogP contribution in [0.1, 0.15) is 67.2 Å². The zero-order valence-electron chi connectivity index (χ0n) is 16.5. The first-order valence-electron chi connectivity index (χ1n) is 9.50. The quantitative estimate of drug-likeness (QED) is 0.494. The van der Waals surface area contributed by atoms with E-state index in [1.165, 1.54) is 19.3 Å². The SMILES string of the molecule is CC12CC[C@@]3(CCCO[Si](C)(C)C(C)(C)C)[C@@H]1C2C(=O)C3(C)C. The summed E-state index contributed by atoms with van der Waals surface area (Å²) < 4.78 is 6.38. The van der Waals surface area contributed by atoms with Gasteiger partial charge in [0.05, 0.1) is 0 Å². The maximum atomic E-state index is 12.8. The molecule has 3 fully saturated rings. The molecule has 0 spiro atoms. The lowest BCUT2D eigenvalue weighted by Crippen LogP contribution is -2.42. The van der Waals surface area contributed by atoms with Crippen LogP contribution in [0.5, 0.6) is 0 Å². The predicted octanol–water partition coefficient (Wildman–Crippen LogP) is 5.43. The van der Waals surface area contributed by atoms with Gasteiger partial charge in [0.15, 0.2) is 8.32 Å². The van der Waals surface area contributed by atoms with Crippen LogP contribution in [-0.2, 0) is 9.22 Å². The van der Waals surface area contributed by atoms with Crippen molar-refractivity contribution in [3.63, 3.8) is 0 Å². The zero-order chi connectivity index (χ0) is 17.5. The van der Waals surface area contributed by atoms with Gasteiger partial charge in [-0.3, -0.25) is 4.79 Å². The van der Waals surface area contributed by atoms with E-state index in [4.69, 9.17) is 4.43 Å². The van der Waals surface area contributed by atoms with E-state index >= 15 is 0 Å². The monoisotopic (exact) mass is 336 g/mol. The second-order valence-corrected chi connectivity index (χ2v) is 15.6. The molecule has 0 bridgehead atoms. The first-order valence-corrected chi connectivity index (χ1v) is 12.4. The number of Topliss-reactive ketones (excluding diaryl/α,β-unsaturated/α-hetero) is 1. The summed E-state index contributed by atoms with van der Waals surface area (Å²) in [5.41, 5.74) is 0.502. The van der Waals surface area contributed by atoms with Gasteiger partial charge in [-0.15, -0.1) is 0 Å². The van der Waals surface area contributed by atoms with Crippen molar-refractivity contribution >= 4 is 14.1 Å². The lowest BCUT2D eigenvalue weighted by atomic mass is 9.62. The minimum Gasteiger partial charge on any atom is -0.417 e. The van der Waals surface area contributed by atoms with E-state index in [9.17, 15) is 4.79 Å². The topological polar surface area (TPSA) is 26.3 Å². The first-order chi connectivity index (χ1) is 10.3. The summed E-state index contributed by atoms with van der Waals surface area (Å²) >= 11 is 0. The Kier molecular flexibility index (Phi) is 3.63. The highest BCUT2D eigenvalue weighted by atomic mass is 28.4. The molecule has 0 amide bonds. The van der Waals surface area contributed by atoms with Crippen molar-refractivity contribution < 1.29 is 9.22 Å². The van der Waals surface area contributed by atoms with Crippen LogP contribution in [0.3, 0.4) is 0 Å². The molecule has 3 rings (SSSR count). The Balaban J connectivity index is 1.64. The fourth-order valence-electron chi connectivity index (χ4n) is 5.78. The van der Waals surface area contributed by atoms with Crippen LogP contribution < -0.4 is 0 Å². The van der Waals surface area contributed by atoms with Crippen LogP contribution in [-0.4, -0.2) is 20.7 Å². The van der Waals surface area contributed by atoms with Crippen molar-refractivity contribution in [2.45, 2.75) is 85.4 Å². The highest BCUT2D eigenvalue weighted by molar-refractivity contribution is 6.74. The van der Waals surface area contributed by atoms with E-state index in [0.29, 0.717) is 23.0 Å². The summed E-state index contributed by atoms with van der Waals surface area (Å²) in [6.07, 6.45) is 4.81. The Hall–Kier alpha value is -0.153. The largest absolute Gasteiger partial charge is 0.417 e. The van der Waals surface area contributed by atoms with E-state index in [1.54, 1.807) is 0 Å². The summed E-state index contributed by atoms with van der Waals surface area (Å²) in [5.74, 6) is 1.62. The summed E-state index contributed by atoms with van der Waals surface area (Å²) in [6, 6.07) is 0. The average Bonchev–Trinajstić information content (AvgIpc) is 2.84. The molecule has 2 unspecified atom stereocenters. The van der Waals surface area contributed by atoms with Gasteiger partial charge in [0.2, 0.25) is 0 Å². The highest BCUT2D eigenvalue weighted by Gasteiger charge is 2.84. The van der Waals surface area contributed by atoms with Crippen molar-refractivity contribution in [3.8, 4) is 0 Å². The number of ketones is 1. The maximum absolute atomic E-state index is 12.8. The summed E-state index contributed by atoms with van der Waals surface area (Å²) in [4.78, 5) is 12.8. The van der Waals surface area contributed by atoms with Crippen molar-refractivity contribution in [3.05, 3.63) is 0 Å². The second-order valence-electron chi connectivity index (χ2n) is 10.8. The van der Waals surface area contributed by atoms with Gasteiger partial charge in [-0.1, -0.05) is 41.5 Å². The van der Waals surface area contributed by atoms with Gasteiger partial charge in [0.1, 0.15) is 5.78 Å². The fraction of sp³-hybridized carbons (Fsp3) is 0.950. The standard InChI is InChI=1S/C20H36O2Si/c1-17(2,3)23(7,8)22-13-9-10-20-12-11-19(6)14(15(19)20)16(21)18(20,4)5/h14-15H,9-13H2,1-8H3/t14?,15-,19?,20+/m1/s1. The Morgan fingerprint density at radius 3 is 2.35 bits per heavy atom. The number of hydrogen-bond donors (Lipinski definition) is 0. The molecular weight excluding hydrogens is 300 g/mol. The number of rotatable bonds is 5. The van der Waals surface area contributed by atoms with E-state index in [-0.39, 0.29) is 15.9 Å². The van der Waals surface area contributed by atoms with Gasteiger partial charge in [-0.05, 0) is 60.6 Å². The second kappa shape index (κ2) is 4.72. The number of carbonyl (C=O) groups excluding carboxylic acids is 1. The van der Waals surface area contributed by atoms with Gasteiger partial charge < -0.3 is 4.43 Å². The maximum Gasteiger partial charge on any atom is 0.191 e. The third-order valence-corrected chi connectivity index (χ3v) is 13.1. The molecule has 0 aromatic carbocycles. The highest BCUT2D eigenvalue weighted by Crippen LogP contribution is 2.85. The molecule has 0 radical (unpaired) electrons. The molecule has 0 saturated heterocycles. The molecule has 132 valence electrons. The van der Waals surface area contributed by atoms with Crippen LogP contribution >= 0.6 is 0 Å². The van der Waals surface area contributed by atoms with Crippen molar-refractivity contribution in [1.82, 2.24) is 0 Å². The molecule has 3 heteroatoms. The Bertz CT molecular complexity index is 530. The van der Waals surface area contributed by atoms with E-state index < -0.39 is 8.32 Å². The first kappa shape index (κ1) is 17.7. The number of carbonyl (C=O) groups is 1. The predicted molar refractivity (Wildman–Crippen MR) is 97.9 cm³/mol. The molecule has 4 atom stereocenters. The number of fused-ring (bicyclic) bond motifs is 1. The van der Waals surface area contributed by atoms with E-state index in [0.717, 1.165) is 13.0 Å². The fourth-order valence-corrected chi connectivity index (χ4v) is 6.87. The normalized spacial score (nSPS) is 41.3. The summed E-state index contributed by atoms with van der Waals surface area (Å²) in [6.45, 7) is 19.2. The molecule has 0 N–H and O–H groups in total. The molecule has 23 heavy (non-hydrogen) atoms. The van der Waals surface area contributed by atoms with Crippen molar-refractivity contribution in [2.24, 2.45) is 28.1 Å². The van der Waals surface area contributed by atoms with Gasteiger partial charge in [-0.25, -0.2) is 0 Å². The van der Waals surface area contributed by atoms with Crippen LogP contribution in [0.4, 0.5) is 0 Å². The van der Waals surface area contributed by atoms with Gasteiger partial charge in [0, 0.05) is 17.9 Å². The van der Waals surface area contributed by atoms with Crippen LogP contribution in [0, 0.1) is 28.1 Å². The van der Waals surface area contributed by atoms with Crippen molar-refractivity contribution in [1.29, 1.82) is 0 Å². The van der Waals surface area contributed by atoms with Crippen LogP contribution in [0.25, 0.3) is 0 Å². The molecule has 0 aliphatic heterocycles. The van der Waals surface area contributed by atoms with Gasteiger partial charge in [0.25, 0.3) is 0 Å². The number of hydrogen-bond acceptors (Lipinski definition) is 2. The van der Waals surface area contributed by atoms with Crippen molar-refractivity contribution in [2.75, 3.05) is 6.61 Å². The zero-order valence-corrected chi connectivity index (χ0v) is 17.5. The molecule has 3 aliphatic rings. The molecule has 0 heterocycles. The molecule has 3 saturated carbocycles. The lowest BCUT2D eigenvalue weighted by Gasteiger charge is -2.41. The lowest BCUT2D eigenvalue weighted by molar-refractivity contribution is -0.131. The summed E-state index contributed by atoms with van der Waals surface area (Å²) in [5, 5.41) is 0.279.